The Morgan fingerprint density at radius 2 is 2.17 bits per heavy atom. The zero-order valence-electron chi connectivity index (χ0n) is 11.8. The maximum Gasteiger partial charge on any atom is 0.227 e. The van der Waals surface area contributed by atoms with Crippen LogP contribution in [0.25, 0.3) is 0 Å². The van der Waals surface area contributed by atoms with E-state index in [4.69, 9.17) is 4.74 Å². The number of ether oxygens (including phenoxy) is 1. The van der Waals surface area contributed by atoms with Gasteiger partial charge >= 0.3 is 0 Å². The van der Waals surface area contributed by atoms with E-state index in [9.17, 15) is 4.79 Å². The lowest BCUT2D eigenvalue weighted by atomic mass is 9.95. The summed E-state index contributed by atoms with van der Waals surface area (Å²) in [6.45, 7) is 7.53. The highest BCUT2D eigenvalue weighted by Gasteiger charge is 2.38. The van der Waals surface area contributed by atoms with Crippen LogP contribution in [0.15, 0.2) is 0 Å². The van der Waals surface area contributed by atoms with Gasteiger partial charge in [0.2, 0.25) is 5.91 Å². The molecule has 0 aromatic carbocycles. The fourth-order valence-electron chi connectivity index (χ4n) is 2.89. The molecule has 2 rings (SSSR count). The van der Waals surface area contributed by atoms with Gasteiger partial charge in [0, 0.05) is 26.2 Å². The Bertz CT molecular complexity index is 292. The van der Waals surface area contributed by atoms with Crippen LogP contribution < -0.4 is 5.32 Å². The third-order valence-corrected chi connectivity index (χ3v) is 4.45. The first kappa shape index (κ1) is 13.8. The first-order chi connectivity index (χ1) is 8.65. The predicted molar refractivity (Wildman–Crippen MR) is 71.3 cm³/mol. The van der Waals surface area contributed by atoms with Crippen LogP contribution in [0.3, 0.4) is 0 Å². The minimum atomic E-state index is 0.156. The minimum Gasteiger partial charge on any atom is -0.383 e. The van der Waals surface area contributed by atoms with Gasteiger partial charge in [0.05, 0.1) is 12.5 Å². The van der Waals surface area contributed by atoms with Gasteiger partial charge < -0.3 is 15.0 Å². The molecule has 104 valence electrons. The zero-order chi connectivity index (χ0) is 13.1. The van der Waals surface area contributed by atoms with Gasteiger partial charge in [-0.05, 0) is 38.1 Å². The average Bonchev–Trinajstić information content (AvgIpc) is 3.12. The van der Waals surface area contributed by atoms with Crippen LogP contribution in [-0.4, -0.2) is 50.2 Å². The summed E-state index contributed by atoms with van der Waals surface area (Å²) in [5, 5.41) is 3.32. The lowest BCUT2D eigenvalue weighted by molar-refractivity contribution is -0.139. The van der Waals surface area contributed by atoms with Crippen molar-refractivity contribution < 1.29 is 9.53 Å². The van der Waals surface area contributed by atoms with Gasteiger partial charge in [-0.3, -0.25) is 4.79 Å². The fraction of sp³-hybridized carbons (Fsp3) is 0.929. The van der Waals surface area contributed by atoms with Gasteiger partial charge in [-0.2, -0.15) is 0 Å². The van der Waals surface area contributed by atoms with Crippen molar-refractivity contribution in [3.63, 3.8) is 0 Å². The highest BCUT2D eigenvalue weighted by Crippen LogP contribution is 2.36. The number of carbonyl (C=O) groups excluding carboxylic acids is 1. The van der Waals surface area contributed by atoms with E-state index in [-0.39, 0.29) is 5.92 Å². The van der Waals surface area contributed by atoms with E-state index in [1.807, 2.05) is 0 Å². The SMILES string of the molecule is COCCN(C(=O)[C@@H]1CNC[C@H]1C)C(C)C1CC1. The van der Waals surface area contributed by atoms with Crippen molar-refractivity contribution in [2.75, 3.05) is 33.4 Å². The van der Waals surface area contributed by atoms with Crippen molar-refractivity contribution in [2.45, 2.75) is 32.7 Å². The predicted octanol–water partition coefficient (Wildman–Crippen LogP) is 1.12. The molecule has 0 spiro atoms. The van der Waals surface area contributed by atoms with Crippen LogP contribution in [0.1, 0.15) is 26.7 Å². The number of amides is 1. The van der Waals surface area contributed by atoms with Crippen LogP contribution in [0.4, 0.5) is 0 Å². The molecule has 1 aliphatic heterocycles. The number of nitrogens with zero attached hydrogens (tertiary/aromatic N) is 1. The van der Waals surface area contributed by atoms with Gasteiger partial charge in [0.1, 0.15) is 0 Å². The van der Waals surface area contributed by atoms with Gasteiger partial charge in [-0.25, -0.2) is 0 Å². The summed E-state index contributed by atoms with van der Waals surface area (Å²) in [6.07, 6.45) is 2.55. The molecule has 1 aliphatic carbocycles. The van der Waals surface area contributed by atoms with E-state index >= 15 is 0 Å². The monoisotopic (exact) mass is 254 g/mol. The van der Waals surface area contributed by atoms with Crippen LogP contribution in [0, 0.1) is 17.8 Å². The molecule has 0 bridgehead atoms. The van der Waals surface area contributed by atoms with E-state index in [1.165, 1.54) is 12.8 Å². The van der Waals surface area contributed by atoms with E-state index in [0.29, 0.717) is 24.5 Å². The maximum atomic E-state index is 12.7. The first-order valence-corrected chi connectivity index (χ1v) is 7.15. The number of carbonyl (C=O) groups is 1. The highest BCUT2D eigenvalue weighted by atomic mass is 16.5. The number of nitrogens with one attached hydrogen (secondary N) is 1. The van der Waals surface area contributed by atoms with E-state index < -0.39 is 0 Å². The second-order valence-corrected chi connectivity index (χ2v) is 5.84. The molecular weight excluding hydrogens is 228 g/mol. The molecule has 1 amide bonds. The smallest absolute Gasteiger partial charge is 0.227 e. The maximum absolute atomic E-state index is 12.7. The summed E-state index contributed by atoms with van der Waals surface area (Å²) >= 11 is 0. The first-order valence-electron chi connectivity index (χ1n) is 7.15. The summed E-state index contributed by atoms with van der Waals surface area (Å²) in [7, 11) is 1.70. The lowest BCUT2D eigenvalue weighted by Crippen LogP contribution is -2.46. The van der Waals surface area contributed by atoms with E-state index in [1.54, 1.807) is 7.11 Å². The highest BCUT2D eigenvalue weighted by molar-refractivity contribution is 5.80. The van der Waals surface area contributed by atoms with Crippen LogP contribution >= 0.6 is 0 Å². The summed E-state index contributed by atoms with van der Waals surface area (Å²) in [4.78, 5) is 14.7. The second-order valence-electron chi connectivity index (χ2n) is 5.84. The van der Waals surface area contributed by atoms with Crippen molar-refractivity contribution in [2.24, 2.45) is 17.8 Å². The topological polar surface area (TPSA) is 41.6 Å². The Morgan fingerprint density at radius 1 is 1.44 bits per heavy atom. The standard InChI is InChI=1S/C14H26N2O2/c1-10-8-15-9-13(10)14(17)16(6-7-18-3)11(2)12-4-5-12/h10-13,15H,4-9H2,1-3H3/t10-,11?,13-/m1/s1. The van der Waals surface area contributed by atoms with Crippen molar-refractivity contribution >= 4 is 5.91 Å². The van der Waals surface area contributed by atoms with Crippen molar-refractivity contribution in [3.8, 4) is 0 Å². The molecule has 2 fully saturated rings. The van der Waals surface area contributed by atoms with Gasteiger partial charge in [-0.15, -0.1) is 0 Å². The fourth-order valence-corrected chi connectivity index (χ4v) is 2.89. The molecule has 0 aromatic rings. The molecule has 1 heterocycles. The Hall–Kier alpha value is -0.610. The molecule has 3 atom stereocenters. The summed E-state index contributed by atoms with van der Waals surface area (Å²) in [5.41, 5.74) is 0. The average molecular weight is 254 g/mol. The zero-order valence-corrected chi connectivity index (χ0v) is 11.8. The third-order valence-electron chi connectivity index (χ3n) is 4.45. The molecule has 1 saturated carbocycles. The Balaban J connectivity index is 1.99. The molecule has 4 nitrogen and oxygen atoms in total. The molecule has 0 radical (unpaired) electrons. The molecule has 0 aromatic heterocycles. The Labute approximate surface area is 110 Å². The van der Waals surface area contributed by atoms with Crippen LogP contribution in [0.5, 0.6) is 0 Å². The molecule has 18 heavy (non-hydrogen) atoms. The lowest BCUT2D eigenvalue weighted by Gasteiger charge is -2.32. The summed E-state index contributed by atoms with van der Waals surface area (Å²) < 4.78 is 5.15. The van der Waals surface area contributed by atoms with Gasteiger partial charge in [-0.1, -0.05) is 6.92 Å². The van der Waals surface area contributed by atoms with Crippen molar-refractivity contribution in [1.82, 2.24) is 10.2 Å². The molecule has 1 unspecified atom stereocenters. The van der Waals surface area contributed by atoms with Crippen LogP contribution in [-0.2, 0) is 9.53 Å². The Kier molecular flexibility index (Phi) is 4.62. The number of rotatable bonds is 6. The summed E-state index contributed by atoms with van der Waals surface area (Å²) in [6, 6.07) is 0.375. The quantitative estimate of drug-likeness (QED) is 0.772. The normalized spacial score (nSPS) is 29.3. The molecule has 1 N–H and O–H groups in total. The largest absolute Gasteiger partial charge is 0.383 e. The van der Waals surface area contributed by atoms with Crippen molar-refractivity contribution in [3.05, 3.63) is 0 Å². The van der Waals surface area contributed by atoms with Crippen LogP contribution in [0.2, 0.25) is 0 Å². The van der Waals surface area contributed by atoms with Gasteiger partial charge in [0.15, 0.2) is 0 Å². The van der Waals surface area contributed by atoms with E-state index in [2.05, 4.69) is 24.1 Å². The molecule has 4 heteroatoms. The minimum absolute atomic E-state index is 0.156. The molecule has 2 aliphatic rings. The van der Waals surface area contributed by atoms with Gasteiger partial charge in [0.25, 0.3) is 0 Å². The number of hydrogen-bond donors (Lipinski definition) is 1. The molecular formula is C14H26N2O2. The number of hydrogen-bond acceptors (Lipinski definition) is 3. The number of methoxy groups -OCH3 is 1. The second kappa shape index (κ2) is 6.02. The van der Waals surface area contributed by atoms with E-state index in [0.717, 1.165) is 25.6 Å². The third kappa shape index (κ3) is 3.04. The Morgan fingerprint density at radius 3 is 2.67 bits per heavy atom. The molecule has 1 saturated heterocycles. The van der Waals surface area contributed by atoms with Crippen molar-refractivity contribution in [1.29, 1.82) is 0 Å². The summed E-state index contributed by atoms with van der Waals surface area (Å²) in [5.74, 6) is 1.65.